The first-order valence-electron chi connectivity index (χ1n) is 7.16. The first kappa shape index (κ1) is 13.6. The third kappa shape index (κ3) is 2.15. The highest BCUT2D eigenvalue weighted by Gasteiger charge is 2.14. The molecule has 1 aliphatic rings. The third-order valence-electron chi connectivity index (χ3n) is 3.68. The van der Waals surface area contributed by atoms with Gasteiger partial charge in [-0.3, -0.25) is 4.79 Å². The quantitative estimate of drug-likeness (QED) is 0.588. The largest absolute Gasteiger partial charge is 0.338 e. The van der Waals surface area contributed by atoms with Crippen LogP contribution in [0.5, 0.6) is 0 Å². The van der Waals surface area contributed by atoms with Crippen LogP contribution in [-0.2, 0) is 0 Å². The highest BCUT2D eigenvalue weighted by molar-refractivity contribution is 7.19. The Morgan fingerprint density at radius 1 is 1.17 bits per heavy atom. The van der Waals surface area contributed by atoms with E-state index in [0.29, 0.717) is 5.82 Å². The Kier molecular flexibility index (Phi) is 2.88. The summed E-state index contributed by atoms with van der Waals surface area (Å²) in [6.07, 6.45) is 7.58. The zero-order valence-corrected chi connectivity index (χ0v) is 13.7. The molecule has 1 aromatic carbocycles. The van der Waals surface area contributed by atoms with Gasteiger partial charge in [-0.1, -0.05) is 40.9 Å². The van der Waals surface area contributed by atoms with Gasteiger partial charge in [0.1, 0.15) is 21.7 Å². The molecule has 0 atom stereocenters. The van der Waals surface area contributed by atoms with E-state index in [4.69, 9.17) is 0 Å². The van der Waals surface area contributed by atoms with Gasteiger partial charge in [0.2, 0.25) is 0 Å². The number of thiazole rings is 2. The lowest BCUT2D eigenvalue weighted by molar-refractivity contribution is 1.21. The molecule has 6 nitrogen and oxygen atoms in total. The summed E-state index contributed by atoms with van der Waals surface area (Å²) < 4.78 is 0.902. The van der Waals surface area contributed by atoms with E-state index in [1.54, 1.807) is 11.3 Å². The number of rotatable bonds is 3. The summed E-state index contributed by atoms with van der Waals surface area (Å²) in [7, 11) is 0. The standard InChI is InChI=1S/C16H9N5OS2/c22-16-20-10-5-4-9(6-11(10)23-16)19-13-12-15(18-7-17-13)24-14(21-12)8-2-1-3-8/h1-7H,(H,20,22)(H,17,18,19). The fraction of sp³-hybridized carbons (Fsp3) is 0. The Labute approximate surface area is 143 Å². The number of fused-ring (bicyclic) bond motifs is 2. The molecule has 0 saturated heterocycles. The van der Waals surface area contributed by atoms with Crippen LogP contribution in [0.2, 0.25) is 0 Å². The maximum atomic E-state index is 11.4. The Morgan fingerprint density at radius 2 is 2.08 bits per heavy atom. The minimum Gasteiger partial charge on any atom is -0.338 e. The molecule has 1 aliphatic carbocycles. The number of anilines is 2. The normalized spacial score (nSPS) is 13.2. The van der Waals surface area contributed by atoms with Gasteiger partial charge in [-0.2, -0.15) is 0 Å². The van der Waals surface area contributed by atoms with Gasteiger partial charge in [0.25, 0.3) is 0 Å². The van der Waals surface area contributed by atoms with Crippen LogP contribution in [0.3, 0.4) is 0 Å². The molecule has 0 saturated carbocycles. The van der Waals surface area contributed by atoms with Gasteiger partial charge >= 0.3 is 4.87 Å². The van der Waals surface area contributed by atoms with Crippen molar-refractivity contribution in [1.82, 2.24) is 19.9 Å². The molecule has 3 aromatic heterocycles. The second kappa shape index (κ2) is 5.08. The second-order valence-electron chi connectivity index (χ2n) is 5.23. The van der Waals surface area contributed by atoms with Gasteiger partial charge in [0.05, 0.1) is 10.2 Å². The molecule has 4 aromatic rings. The zero-order valence-electron chi connectivity index (χ0n) is 12.1. The molecule has 116 valence electrons. The number of hydrogen-bond acceptors (Lipinski definition) is 7. The molecule has 3 heterocycles. The van der Waals surface area contributed by atoms with Crippen molar-refractivity contribution >= 4 is 60.3 Å². The molecule has 0 bridgehead atoms. The number of aromatic nitrogens is 4. The lowest BCUT2D eigenvalue weighted by Crippen LogP contribution is -1.95. The van der Waals surface area contributed by atoms with Crippen LogP contribution in [0.1, 0.15) is 5.01 Å². The van der Waals surface area contributed by atoms with E-state index in [1.807, 2.05) is 36.4 Å². The summed E-state index contributed by atoms with van der Waals surface area (Å²) in [6, 6.07) is 5.71. The average Bonchev–Trinajstić information content (AvgIpc) is 3.08. The average molecular weight is 351 g/mol. The van der Waals surface area contributed by atoms with Gasteiger partial charge in [-0.05, 0) is 18.2 Å². The zero-order chi connectivity index (χ0) is 16.1. The molecule has 0 aliphatic heterocycles. The summed E-state index contributed by atoms with van der Waals surface area (Å²) >= 11 is 2.73. The maximum absolute atomic E-state index is 11.4. The molecule has 8 heteroatoms. The number of benzene rings is 1. The molecule has 5 rings (SSSR count). The van der Waals surface area contributed by atoms with E-state index in [2.05, 4.69) is 25.3 Å². The number of hydrogen-bond donors (Lipinski definition) is 2. The molecule has 2 N–H and O–H groups in total. The third-order valence-corrected chi connectivity index (χ3v) is 5.54. The number of nitrogens with zero attached hydrogens (tertiary/aromatic N) is 3. The predicted octanol–water partition coefficient (Wildman–Crippen LogP) is 3.69. The van der Waals surface area contributed by atoms with Crippen LogP contribution < -0.4 is 10.2 Å². The van der Waals surface area contributed by atoms with Crippen molar-refractivity contribution in [2.75, 3.05) is 5.32 Å². The Balaban J connectivity index is 1.57. The van der Waals surface area contributed by atoms with Crippen LogP contribution in [0.4, 0.5) is 11.5 Å². The molecular weight excluding hydrogens is 342 g/mol. The second-order valence-corrected chi connectivity index (χ2v) is 7.22. The lowest BCUT2D eigenvalue weighted by atomic mass is 10.1. The first-order valence-corrected chi connectivity index (χ1v) is 8.80. The molecule has 0 unspecified atom stereocenters. The highest BCUT2D eigenvalue weighted by atomic mass is 32.1. The van der Waals surface area contributed by atoms with Crippen molar-refractivity contribution in [2.45, 2.75) is 0 Å². The summed E-state index contributed by atoms with van der Waals surface area (Å²) in [4.78, 5) is 28.3. The maximum Gasteiger partial charge on any atom is 0.305 e. The number of aromatic amines is 1. The number of H-pyrrole nitrogens is 1. The molecule has 0 radical (unpaired) electrons. The summed E-state index contributed by atoms with van der Waals surface area (Å²) in [5.74, 6) is 0.661. The van der Waals surface area contributed by atoms with Crippen LogP contribution in [0.25, 0.3) is 26.1 Å². The predicted molar refractivity (Wildman–Crippen MR) is 98.1 cm³/mol. The summed E-state index contributed by atoms with van der Waals surface area (Å²) in [5.41, 5.74) is 3.56. The van der Waals surface area contributed by atoms with E-state index < -0.39 is 0 Å². The van der Waals surface area contributed by atoms with E-state index in [9.17, 15) is 4.79 Å². The van der Waals surface area contributed by atoms with Crippen molar-refractivity contribution in [2.24, 2.45) is 0 Å². The Hall–Kier alpha value is -2.84. The Bertz CT molecular complexity index is 1210. The van der Waals surface area contributed by atoms with Crippen LogP contribution in [-0.4, -0.2) is 19.9 Å². The number of nitrogens with one attached hydrogen (secondary N) is 2. The van der Waals surface area contributed by atoms with Gasteiger partial charge in [-0.15, -0.1) is 0 Å². The van der Waals surface area contributed by atoms with Crippen LogP contribution in [0.15, 0.2) is 47.5 Å². The molecule has 0 fully saturated rings. The molecule has 24 heavy (non-hydrogen) atoms. The highest BCUT2D eigenvalue weighted by Crippen LogP contribution is 2.33. The minimum absolute atomic E-state index is 0.0578. The molecule has 0 spiro atoms. The van der Waals surface area contributed by atoms with Gasteiger partial charge in [-0.25, -0.2) is 15.0 Å². The van der Waals surface area contributed by atoms with Crippen molar-refractivity contribution in [1.29, 1.82) is 0 Å². The van der Waals surface area contributed by atoms with Crippen LogP contribution >= 0.6 is 22.7 Å². The SMILES string of the molecule is O=c1[nH]c2ccc(Nc3ncnc4sc(C5=CC=C5)nc34)cc2s1. The summed E-state index contributed by atoms with van der Waals surface area (Å²) in [6.45, 7) is 0. The first-order chi connectivity index (χ1) is 11.8. The van der Waals surface area contributed by atoms with E-state index in [-0.39, 0.29) is 4.87 Å². The van der Waals surface area contributed by atoms with Crippen molar-refractivity contribution < 1.29 is 0 Å². The summed E-state index contributed by atoms with van der Waals surface area (Å²) in [5, 5.41) is 4.22. The molecule has 0 amide bonds. The van der Waals surface area contributed by atoms with E-state index in [1.165, 1.54) is 17.7 Å². The smallest absolute Gasteiger partial charge is 0.305 e. The fourth-order valence-corrected chi connectivity index (χ4v) is 4.15. The monoisotopic (exact) mass is 351 g/mol. The number of allylic oxidation sites excluding steroid dienone is 4. The van der Waals surface area contributed by atoms with Gasteiger partial charge in [0, 0.05) is 11.3 Å². The molecular formula is C16H9N5OS2. The van der Waals surface area contributed by atoms with Gasteiger partial charge < -0.3 is 10.3 Å². The van der Waals surface area contributed by atoms with Crippen molar-refractivity contribution in [3.63, 3.8) is 0 Å². The van der Waals surface area contributed by atoms with Crippen molar-refractivity contribution in [3.05, 3.63) is 57.4 Å². The Morgan fingerprint density at radius 3 is 2.92 bits per heavy atom. The van der Waals surface area contributed by atoms with E-state index in [0.717, 1.165) is 36.8 Å². The van der Waals surface area contributed by atoms with Crippen LogP contribution in [0, 0.1) is 0 Å². The van der Waals surface area contributed by atoms with E-state index >= 15 is 0 Å². The fourth-order valence-electron chi connectivity index (χ4n) is 2.46. The lowest BCUT2D eigenvalue weighted by Gasteiger charge is -2.05. The minimum atomic E-state index is -0.0578. The van der Waals surface area contributed by atoms with Crippen molar-refractivity contribution in [3.8, 4) is 0 Å². The topological polar surface area (TPSA) is 83.6 Å². The van der Waals surface area contributed by atoms with Gasteiger partial charge in [0.15, 0.2) is 5.82 Å².